The first-order valence-electron chi connectivity index (χ1n) is 5.33. The second-order valence-corrected chi connectivity index (χ2v) is 6.28. The van der Waals surface area contributed by atoms with Crippen LogP contribution in [0.3, 0.4) is 0 Å². The van der Waals surface area contributed by atoms with E-state index in [9.17, 15) is 13.2 Å². The Bertz CT molecular complexity index is 564. The minimum atomic E-state index is -3.45. The minimum Gasteiger partial charge on any atom is -0.449 e. The molecule has 4 nitrogen and oxygen atoms in total. The molecule has 88 valence electrons. The van der Waals surface area contributed by atoms with Crippen molar-refractivity contribution in [1.29, 1.82) is 0 Å². The Morgan fingerprint density at radius 2 is 2.06 bits per heavy atom. The van der Waals surface area contributed by atoms with Gasteiger partial charge in [0.1, 0.15) is 5.76 Å². The van der Waals surface area contributed by atoms with E-state index in [-0.39, 0.29) is 22.2 Å². The monoisotopic (exact) mass is 242 g/mol. The zero-order chi connectivity index (χ0) is 11.9. The van der Waals surface area contributed by atoms with Gasteiger partial charge in [0.05, 0.1) is 11.3 Å². The quantitative estimate of drug-likeness (QED) is 0.808. The molecule has 0 amide bonds. The summed E-state index contributed by atoms with van der Waals surface area (Å²) < 4.78 is 28.9. The van der Waals surface area contributed by atoms with Gasteiger partial charge in [0.25, 0.3) is 0 Å². The second kappa shape index (κ2) is 3.73. The molecule has 1 heterocycles. The average Bonchev–Trinajstić information content (AvgIpc) is 3.00. The first kappa shape index (κ1) is 11.4. The highest BCUT2D eigenvalue weighted by Crippen LogP contribution is 2.41. The van der Waals surface area contributed by atoms with Crippen molar-refractivity contribution in [3.8, 4) is 0 Å². The Morgan fingerprint density at radius 1 is 1.44 bits per heavy atom. The Morgan fingerprint density at radius 3 is 2.56 bits per heavy atom. The largest absolute Gasteiger partial charge is 0.449 e. The average molecular weight is 242 g/mol. The van der Waals surface area contributed by atoms with Crippen LogP contribution in [0.15, 0.2) is 20.4 Å². The van der Waals surface area contributed by atoms with Gasteiger partial charge in [-0.25, -0.2) is 8.42 Å². The standard InChI is InChI=1S/C11H14O4S/c1-3-16(13,14)11-10(8-4-5-8)9(12)6-7(2)15-11/h6,8H,3-5H2,1-2H3. The van der Waals surface area contributed by atoms with E-state index in [2.05, 4.69) is 0 Å². The van der Waals surface area contributed by atoms with Crippen molar-refractivity contribution in [2.45, 2.75) is 37.7 Å². The molecular weight excluding hydrogens is 228 g/mol. The lowest BCUT2D eigenvalue weighted by Crippen LogP contribution is -2.16. The van der Waals surface area contributed by atoms with Crippen LogP contribution in [-0.4, -0.2) is 14.2 Å². The zero-order valence-corrected chi connectivity index (χ0v) is 10.1. The highest BCUT2D eigenvalue weighted by Gasteiger charge is 2.34. The Labute approximate surface area is 94.2 Å². The highest BCUT2D eigenvalue weighted by molar-refractivity contribution is 7.91. The van der Waals surface area contributed by atoms with E-state index in [0.717, 1.165) is 12.8 Å². The van der Waals surface area contributed by atoms with Crippen LogP contribution >= 0.6 is 0 Å². The fraction of sp³-hybridized carbons (Fsp3) is 0.545. The van der Waals surface area contributed by atoms with Gasteiger partial charge in [-0.3, -0.25) is 4.79 Å². The predicted molar refractivity (Wildman–Crippen MR) is 59.4 cm³/mol. The van der Waals surface area contributed by atoms with E-state index in [0.29, 0.717) is 11.3 Å². The molecule has 0 aromatic carbocycles. The molecule has 2 rings (SSSR count). The van der Waals surface area contributed by atoms with Crippen molar-refractivity contribution >= 4 is 9.84 Å². The van der Waals surface area contributed by atoms with Crippen LogP contribution in [0.4, 0.5) is 0 Å². The third kappa shape index (κ3) is 1.91. The molecule has 0 spiro atoms. The summed E-state index contributed by atoms with van der Waals surface area (Å²) in [5.41, 5.74) is 0.144. The molecule has 1 saturated carbocycles. The smallest absolute Gasteiger partial charge is 0.225 e. The van der Waals surface area contributed by atoms with Crippen LogP contribution in [0.2, 0.25) is 0 Å². The van der Waals surface area contributed by atoms with Gasteiger partial charge in [-0.2, -0.15) is 0 Å². The summed E-state index contributed by atoms with van der Waals surface area (Å²) >= 11 is 0. The summed E-state index contributed by atoms with van der Waals surface area (Å²) in [5, 5.41) is -0.109. The molecule has 16 heavy (non-hydrogen) atoms. The summed E-state index contributed by atoms with van der Waals surface area (Å²) in [7, 11) is -3.45. The molecule has 0 saturated heterocycles. The van der Waals surface area contributed by atoms with Crippen LogP contribution in [0, 0.1) is 6.92 Å². The zero-order valence-electron chi connectivity index (χ0n) is 9.32. The first-order valence-corrected chi connectivity index (χ1v) is 6.98. The molecule has 0 unspecified atom stereocenters. The third-order valence-electron chi connectivity index (χ3n) is 2.72. The molecular formula is C11H14O4S. The number of aryl methyl sites for hydroxylation is 1. The Hall–Kier alpha value is -1.10. The minimum absolute atomic E-state index is 0.0425. The maximum atomic E-state index is 11.8. The van der Waals surface area contributed by atoms with Gasteiger partial charge in [-0.05, 0) is 25.7 Å². The number of rotatable bonds is 3. The van der Waals surface area contributed by atoms with Gasteiger partial charge in [0.2, 0.25) is 14.9 Å². The van der Waals surface area contributed by atoms with Crippen LogP contribution in [0.1, 0.15) is 37.0 Å². The van der Waals surface area contributed by atoms with Gasteiger partial charge < -0.3 is 4.42 Å². The molecule has 1 aromatic heterocycles. The molecule has 0 aliphatic heterocycles. The van der Waals surface area contributed by atoms with Crippen molar-refractivity contribution in [3.63, 3.8) is 0 Å². The van der Waals surface area contributed by atoms with Gasteiger partial charge >= 0.3 is 0 Å². The van der Waals surface area contributed by atoms with E-state index in [1.807, 2.05) is 0 Å². The summed E-state index contributed by atoms with van der Waals surface area (Å²) in [6, 6.07) is 1.36. The van der Waals surface area contributed by atoms with E-state index < -0.39 is 9.84 Å². The molecule has 1 aromatic rings. The first-order chi connectivity index (χ1) is 7.45. The molecule has 0 N–H and O–H groups in total. The topological polar surface area (TPSA) is 64.3 Å². The van der Waals surface area contributed by atoms with E-state index in [4.69, 9.17) is 4.42 Å². The van der Waals surface area contributed by atoms with E-state index >= 15 is 0 Å². The van der Waals surface area contributed by atoms with Crippen LogP contribution in [0.25, 0.3) is 0 Å². The lowest BCUT2D eigenvalue weighted by Gasteiger charge is -2.07. The fourth-order valence-electron chi connectivity index (χ4n) is 1.70. The van der Waals surface area contributed by atoms with Crippen molar-refractivity contribution in [2.75, 3.05) is 5.75 Å². The maximum absolute atomic E-state index is 11.8. The third-order valence-corrected chi connectivity index (χ3v) is 4.35. The SMILES string of the molecule is CCS(=O)(=O)c1oc(C)cc(=O)c1C1CC1. The molecule has 5 heteroatoms. The van der Waals surface area contributed by atoms with Gasteiger partial charge in [-0.1, -0.05) is 6.92 Å². The Balaban J connectivity index is 2.72. The second-order valence-electron chi connectivity index (χ2n) is 4.10. The summed E-state index contributed by atoms with van der Waals surface area (Å²) in [6.45, 7) is 3.14. The normalized spacial score (nSPS) is 16.4. The number of sulfone groups is 1. The van der Waals surface area contributed by atoms with Crippen molar-refractivity contribution in [3.05, 3.63) is 27.6 Å². The Kier molecular flexibility index (Phi) is 2.66. The van der Waals surface area contributed by atoms with Gasteiger partial charge in [0, 0.05) is 6.07 Å². The molecule has 0 bridgehead atoms. The predicted octanol–water partition coefficient (Wildman–Crippen LogP) is 1.62. The number of hydrogen-bond donors (Lipinski definition) is 0. The van der Waals surface area contributed by atoms with Gasteiger partial charge in [-0.15, -0.1) is 0 Å². The molecule has 1 fully saturated rings. The van der Waals surface area contributed by atoms with Crippen molar-refractivity contribution in [1.82, 2.24) is 0 Å². The molecule has 0 atom stereocenters. The van der Waals surface area contributed by atoms with Crippen molar-refractivity contribution in [2.24, 2.45) is 0 Å². The number of hydrogen-bond acceptors (Lipinski definition) is 4. The molecule has 0 radical (unpaired) electrons. The van der Waals surface area contributed by atoms with E-state index in [1.165, 1.54) is 6.07 Å². The van der Waals surface area contributed by atoms with Gasteiger partial charge in [0.15, 0.2) is 5.43 Å². The fourth-order valence-corrected chi connectivity index (χ4v) is 2.82. The molecule has 1 aliphatic rings. The van der Waals surface area contributed by atoms with Crippen LogP contribution < -0.4 is 5.43 Å². The summed E-state index contributed by atoms with van der Waals surface area (Å²) in [4.78, 5) is 11.8. The lowest BCUT2D eigenvalue weighted by atomic mass is 10.2. The summed E-state index contributed by atoms with van der Waals surface area (Å²) in [6.07, 6.45) is 1.75. The van der Waals surface area contributed by atoms with Crippen molar-refractivity contribution < 1.29 is 12.8 Å². The van der Waals surface area contributed by atoms with E-state index in [1.54, 1.807) is 13.8 Å². The maximum Gasteiger partial charge on any atom is 0.225 e. The van der Waals surface area contributed by atoms with Crippen LogP contribution in [-0.2, 0) is 9.84 Å². The lowest BCUT2D eigenvalue weighted by molar-refractivity contribution is 0.399. The highest BCUT2D eigenvalue weighted by atomic mass is 32.2. The van der Waals surface area contributed by atoms with Crippen LogP contribution in [0.5, 0.6) is 0 Å². The molecule has 1 aliphatic carbocycles. The summed E-state index contributed by atoms with van der Waals surface area (Å²) in [5.74, 6) is 0.383.